The van der Waals surface area contributed by atoms with E-state index in [-0.39, 0.29) is 12.5 Å². The Labute approximate surface area is 162 Å². The Morgan fingerprint density at radius 1 is 1.07 bits per heavy atom. The lowest BCUT2D eigenvalue weighted by Crippen LogP contribution is -2.42. The fourth-order valence-corrected chi connectivity index (χ4v) is 4.01. The number of hydrogen-bond acceptors (Lipinski definition) is 4. The summed E-state index contributed by atoms with van der Waals surface area (Å²) < 4.78 is 5.29. The summed E-state index contributed by atoms with van der Waals surface area (Å²) in [4.78, 5) is 17.4. The Hall–Kier alpha value is -2.66. The number of rotatable bonds is 5. The van der Waals surface area contributed by atoms with Crippen molar-refractivity contribution in [3.63, 3.8) is 0 Å². The van der Waals surface area contributed by atoms with Gasteiger partial charge in [0.2, 0.25) is 17.6 Å². The highest BCUT2D eigenvalue weighted by Crippen LogP contribution is 2.41. The van der Waals surface area contributed by atoms with E-state index in [9.17, 15) is 4.79 Å². The van der Waals surface area contributed by atoms with Crippen LogP contribution in [0.3, 0.4) is 0 Å². The van der Waals surface area contributed by atoms with Crippen molar-refractivity contribution >= 4 is 17.5 Å². The van der Waals surface area contributed by atoms with E-state index < -0.39 is 5.41 Å². The summed E-state index contributed by atoms with van der Waals surface area (Å²) in [6.07, 6.45) is 3.83. The van der Waals surface area contributed by atoms with Gasteiger partial charge in [0.15, 0.2) is 0 Å². The second-order valence-electron chi connectivity index (χ2n) is 6.83. The zero-order valence-electron chi connectivity index (χ0n) is 14.8. The lowest BCUT2D eigenvalue weighted by atomic mass is 9.78. The Morgan fingerprint density at radius 2 is 1.78 bits per heavy atom. The van der Waals surface area contributed by atoms with E-state index in [1.54, 1.807) is 6.07 Å². The molecule has 2 aromatic carbocycles. The van der Waals surface area contributed by atoms with E-state index >= 15 is 0 Å². The maximum absolute atomic E-state index is 13.0. The number of halogens is 1. The predicted molar refractivity (Wildman–Crippen MR) is 103 cm³/mol. The van der Waals surface area contributed by atoms with Gasteiger partial charge in [-0.05, 0) is 30.5 Å². The van der Waals surface area contributed by atoms with Gasteiger partial charge in [-0.2, -0.15) is 4.98 Å². The molecule has 0 atom stereocenters. The first-order chi connectivity index (χ1) is 13.2. The summed E-state index contributed by atoms with van der Waals surface area (Å²) in [6, 6.07) is 17.3. The number of carbonyl (C=O) groups is 1. The molecule has 6 heteroatoms. The first-order valence-corrected chi connectivity index (χ1v) is 9.48. The van der Waals surface area contributed by atoms with Gasteiger partial charge in [0.25, 0.3) is 0 Å². The van der Waals surface area contributed by atoms with E-state index in [0.29, 0.717) is 22.3 Å². The number of benzene rings is 2. The third kappa shape index (κ3) is 3.47. The van der Waals surface area contributed by atoms with Crippen LogP contribution in [0.4, 0.5) is 0 Å². The van der Waals surface area contributed by atoms with Crippen LogP contribution in [0.2, 0.25) is 5.02 Å². The summed E-state index contributed by atoms with van der Waals surface area (Å²) in [6.45, 7) is 0.199. The standard InChI is InChI=1S/C21H20ClN3O2/c22-17-11-5-4-10-16(17)19-24-18(27-25-19)14-23-20(26)21(12-6-7-13-21)15-8-2-1-3-9-15/h1-5,8-11H,6-7,12-14H2,(H,23,26). The van der Waals surface area contributed by atoms with Crippen molar-refractivity contribution in [2.45, 2.75) is 37.6 Å². The van der Waals surface area contributed by atoms with Gasteiger partial charge >= 0.3 is 0 Å². The van der Waals surface area contributed by atoms with Crippen molar-refractivity contribution in [2.24, 2.45) is 0 Å². The molecule has 1 N–H and O–H groups in total. The smallest absolute Gasteiger partial charge is 0.246 e. The summed E-state index contributed by atoms with van der Waals surface area (Å²) >= 11 is 6.18. The molecule has 27 heavy (non-hydrogen) atoms. The van der Waals surface area contributed by atoms with Gasteiger partial charge in [0.1, 0.15) is 0 Å². The van der Waals surface area contributed by atoms with E-state index in [1.807, 2.05) is 48.5 Å². The molecule has 1 saturated carbocycles. The minimum absolute atomic E-state index is 0.0173. The van der Waals surface area contributed by atoms with Crippen molar-refractivity contribution < 1.29 is 9.32 Å². The molecule has 1 aliphatic carbocycles. The van der Waals surface area contributed by atoms with Gasteiger partial charge in [0.05, 0.1) is 17.0 Å². The number of nitrogens with one attached hydrogen (secondary N) is 1. The van der Waals surface area contributed by atoms with E-state index in [1.165, 1.54) is 0 Å². The molecule has 0 saturated heterocycles. The number of nitrogens with zero attached hydrogens (tertiary/aromatic N) is 2. The number of carbonyl (C=O) groups excluding carboxylic acids is 1. The summed E-state index contributed by atoms with van der Waals surface area (Å²) in [7, 11) is 0. The molecule has 5 nitrogen and oxygen atoms in total. The molecule has 0 unspecified atom stereocenters. The lowest BCUT2D eigenvalue weighted by Gasteiger charge is -2.28. The predicted octanol–water partition coefficient (Wildman–Crippen LogP) is 4.52. The minimum atomic E-state index is -0.465. The molecule has 0 bridgehead atoms. The molecule has 0 spiro atoms. The molecule has 1 heterocycles. The van der Waals surface area contributed by atoms with Gasteiger partial charge in [-0.3, -0.25) is 4.79 Å². The third-order valence-corrected chi connectivity index (χ3v) is 5.53. The lowest BCUT2D eigenvalue weighted by molar-refractivity contribution is -0.127. The molecule has 0 radical (unpaired) electrons. The molecular weight excluding hydrogens is 362 g/mol. The highest BCUT2D eigenvalue weighted by molar-refractivity contribution is 6.33. The van der Waals surface area contributed by atoms with Crippen LogP contribution < -0.4 is 5.32 Å². The fraction of sp³-hybridized carbons (Fsp3) is 0.286. The molecule has 4 rings (SSSR count). The normalized spacial score (nSPS) is 15.6. The third-order valence-electron chi connectivity index (χ3n) is 5.20. The summed E-state index contributed by atoms with van der Waals surface area (Å²) in [5, 5.41) is 7.53. The Morgan fingerprint density at radius 3 is 2.52 bits per heavy atom. The summed E-state index contributed by atoms with van der Waals surface area (Å²) in [5.74, 6) is 0.798. The Bertz CT molecular complexity index is 933. The molecular formula is C21H20ClN3O2. The van der Waals surface area contributed by atoms with Crippen molar-refractivity contribution in [3.8, 4) is 11.4 Å². The summed E-state index contributed by atoms with van der Waals surface area (Å²) in [5.41, 5.74) is 1.31. The maximum Gasteiger partial charge on any atom is 0.246 e. The molecule has 1 amide bonds. The zero-order chi connectivity index (χ0) is 18.7. The fourth-order valence-electron chi connectivity index (χ4n) is 3.79. The molecule has 3 aromatic rings. The van der Waals surface area contributed by atoms with Gasteiger partial charge in [0, 0.05) is 5.56 Å². The largest absolute Gasteiger partial charge is 0.346 e. The number of aromatic nitrogens is 2. The van der Waals surface area contributed by atoms with Gasteiger partial charge in [-0.1, -0.05) is 72.1 Å². The quantitative estimate of drug-likeness (QED) is 0.705. The second kappa shape index (κ2) is 7.53. The van der Waals surface area contributed by atoms with Crippen LogP contribution in [0.25, 0.3) is 11.4 Å². The van der Waals surface area contributed by atoms with Crippen LogP contribution >= 0.6 is 11.6 Å². The second-order valence-corrected chi connectivity index (χ2v) is 7.24. The molecule has 138 valence electrons. The van der Waals surface area contributed by atoms with Crippen molar-refractivity contribution in [3.05, 3.63) is 71.1 Å². The van der Waals surface area contributed by atoms with E-state index in [2.05, 4.69) is 15.5 Å². The van der Waals surface area contributed by atoms with E-state index in [0.717, 1.165) is 31.2 Å². The van der Waals surface area contributed by atoms with Gasteiger partial charge in [-0.25, -0.2) is 0 Å². The Balaban J connectivity index is 1.49. The molecule has 1 fully saturated rings. The molecule has 0 aliphatic heterocycles. The zero-order valence-corrected chi connectivity index (χ0v) is 15.6. The van der Waals surface area contributed by atoms with Gasteiger partial charge < -0.3 is 9.84 Å². The average Bonchev–Trinajstić information content (AvgIpc) is 3.38. The van der Waals surface area contributed by atoms with Crippen molar-refractivity contribution in [1.29, 1.82) is 0 Å². The molecule has 1 aliphatic rings. The number of amides is 1. The van der Waals surface area contributed by atoms with E-state index in [4.69, 9.17) is 16.1 Å². The average molecular weight is 382 g/mol. The van der Waals surface area contributed by atoms with Crippen molar-refractivity contribution in [1.82, 2.24) is 15.5 Å². The number of hydrogen-bond donors (Lipinski definition) is 1. The van der Waals surface area contributed by atoms with Crippen LogP contribution in [-0.4, -0.2) is 16.0 Å². The highest BCUT2D eigenvalue weighted by Gasteiger charge is 2.42. The van der Waals surface area contributed by atoms with Gasteiger partial charge in [-0.15, -0.1) is 0 Å². The van der Waals surface area contributed by atoms with Crippen molar-refractivity contribution in [2.75, 3.05) is 0 Å². The maximum atomic E-state index is 13.0. The minimum Gasteiger partial charge on any atom is -0.346 e. The highest BCUT2D eigenvalue weighted by atomic mass is 35.5. The topological polar surface area (TPSA) is 68.0 Å². The van der Waals surface area contributed by atoms with Crippen LogP contribution in [-0.2, 0) is 16.8 Å². The SMILES string of the molecule is O=C(NCc1nc(-c2ccccc2Cl)no1)C1(c2ccccc2)CCCC1. The Kier molecular flexibility index (Phi) is 4.94. The molecule has 1 aromatic heterocycles. The van der Waals surface area contributed by atoms with Crippen LogP contribution in [0.5, 0.6) is 0 Å². The van der Waals surface area contributed by atoms with Crippen LogP contribution in [0, 0.1) is 0 Å². The monoisotopic (exact) mass is 381 g/mol. The van der Waals surface area contributed by atoms with Crippen LogP contribution in [0.15, 0.2) is 59.1 Å². The first kappa shape index (κ1) is 17.7. The van der Waals surface area contributed by atoms with Crippen LogP contribution in [0.1, 0.15) is 37.1 Å². The first-order valence-electron chi connectivity index (χ1n) is 9.10.